The lowest BCUT2D eigenvalue weighted by atomic mass is 10.0. The number of fused-ring (bicyclic) bond motifs is 1. The van der Waals surface area contributed by atoms with Gasteiger partial charge < -0.3 is 14.8 Å². The van der Waals surface area contributed by atoms with Gasteiger partial charge in [0, 0.05) is 25.8 Å². The molecule has 0 radical (unpaired) electrons. The van der Waals surface area contributed by atoms with Crippen LogP contribution in [0.25, 0.3) is 22.4 Å². The predicted molar refractivity (Wildman–Crippen MR) is 116 cm³/mol. The van der Waals surface area contributed by atoms with Crippen LogP contribution in [0, 0.1) is 5.82 Å². The Morgan fingerprint density at radius 1 is 1.29 bits per heavy atom. The second-order valence-electron chi connectivity index (χ2n) is 6.98. The van der Waals surface area contributed by atoms with E-state index >= 15 is 0 Å². The number of nitrogens with zero attached hydrogens (tertiary/aromatic N) is 2. The number of carbonyl (C=O) groups is 1. The number of aromatic nitrogens is 1. The Morgan fingerprint density at radius 3 is 2.52 bits per heavy atom. The minimum Gasteiger partial charge on any atom is -0.437 e. The van der Waals surface area contributed by atoms with Crippen molar-refractivity contribution < 1.29 is 27.1 Å². The van der Waals surface area contributed by atoms with E-state index in [4.69, 9.17) is 9.52 Å². The summed E-state index contributed by atoms with van der Waals surface area (Å²) in [6, 6.07) is 7.19. The van der Waals surface area contributed by atoms with Crippen LogP contribution in [-0.2, 0) is 16.4 Å². The molecule has 0 atom stereocenters. The number of nitrogens with one attached hydrogen (secondary N) is 1. The van der Waals surface area contributed by atoms with E-state index < -0.39 is 21.7 Å². The van der Waals surface area contributed by atoms with Gasteiger partial charge in [-0.2, -0.15) is 4.98 Å². The minimum absolute atomic E-state index is 0.0503. The number of hydrogen-bond acceptors (Lipinski definition) is 6. The van der Waals surface area contributed by atoms with Crippen LogP contribution in [-0.4, -0.2) is 50.9 Å². The minimum atomic E-state index is -3.68. The SMILES string of the molecule is CCc1cc2c(C(=O)NC)c(-c3ccc(F)cc3)oc2nc1N(CCCO)S(C)(=O)=O. The highest BCUT2D eigenvalue weighted by Crippen LogP contribution is 2.36. The highest BCUT2D eigenvalue weighted by Gasteiger charge is 2.27. The Morgan fingerprint density at radius 2 is 1.97 bits per heavy atom. The van der Waals surface area contributed by atoms with Crippen LogP contribution in [0.1, 0.15) is 29.3 Å². The van der Waals surface area contributed by atoms with E-state index in [1.54, 1.807) is 6.07 Å². The molecule has 0 aliphatic carbocycles. The molecule has 0 spiro atoms. The van der Waals surface area contributed by atoms with E-state index in [1.165, 1.54) is 31.3 Å². The average molecular weight is 450 g/mol. The molecule has 0 unspecified atom stereocenters. The molecule has 0 bridgehead atoms. The van der Waals surface area contributed by atoms with Crippen LogP contribution in [0.3, 0.4) is 0 Å². The summed E-state index contributed by atoms with van der Waals surface area (Å²) in [7, 11) is -2.19. The third kappa shape index (κ3) is 4.54. The fourth-order valence-corrected chi connectivity index (χ4v) is 4.26. The number of rotatable bonds is 8. The Kier molecular flexibility index (Phi) is 6.61. The molecule has 31 heavy (non-hydrogen) atoms. The smallest absolute Gasteiger partial charge is 0.255 e. The molecule has 10 heteroatoms. The maximum Gasteiger partial charge on any atom is 0.255 e. The Labute approximate surface area is 179 Å². The first-order valence-corrected chi connectivity index (χ1v) is 11.6. The number of furan rings is 1. The zero-order valence-electron chi connectivity index (χ0n) is 17.5. The van der Waals surface area contributed by atoms with Gasteiger partial charge in [-0.15, -0.1) is 0 Å². The lowest BCUT2D eigenvalue weighted by Crippen LogP contribution is -2.33. The first kappa shape index (κ1) is 22.7. The molecule has 0 aliphatic rings. The number of aliphatic hydroxyl groups excluding tert-OH is 1. The number of amides is 1. The Hall–Kier alpha value is -2.98. The van der Waals surface area contributed by atoms with Crippen LogP contribution < -0.4 is 9.62 Å². The van der Waals surface area contributed by atoms with Crippen molar-refractivity contribution >= 4 is 32.8 Å². The van der Waals surface area contributed by atoms with E-state index in [0.717, 1.165) is 10.6 Å². The predicted octanol–water partition coefficient (Wildman–Crippen LogP) is 2.70. The summed E-state index contributed by atoms with van der Waals surface area (Å²) in [4.78, 5) is 17.1. The van der Waals surface area contributed by atoms with E-state index in [1.807, 2.05) is 6.92 Å². The van der Waals surface area contributed by atoms with Crippen molar-refractivity contribution in [1.29, 1.82) is 0 Å². The number of halogens is 1. The summed E-state index contributed by atoms with van der Waals surface area (Å²) in [5, 5.41) is 12.2. The van der Waals surface area contributed by atoms with Crippen molar-refractivity contribution in [3.63, 3.8) is 0 Å². The van der Waals surface area contributed by atoms with E-state index in [9.17, 15) is 17.6 Å². The lowest BCUT2D eigenvalue weighted by Gasteiger charge is -2.23. The molecule has 2 aromatic heterocycles. The van der Waals surface area contributed by atoms with Crippen LogP contribution in [0.4, 0.5) is 10.2 Å². The number of benzene rings is 1. The molecule has 0 fully saturated rings. The van der Waals surface area contributed by atoms with Crippen LogP contribution in [0.2, 0.25) is 0 Å². The number of hydrogen-bond donors (Lipinski definition) is 2. The number of carbonyl (C=O) groups excluding carboxylic acids is 1. The standard InChI is InChI=1S/C21H24FN3O5S/c1-4-13-12-16-17(20(27)23-2)18(14-6-8-15(22)9-7-14)30-21(16)24-19(13)25(10-5-11-26)31(3,28)29/h6-9,12,26H,4-5,10-11H2,1-3H3,(H,23,27). The van der Waals surface area contributed by atoms with Gasteiger partial charge in [-0.25, -0.2) is 12.8 Å². The van der Waals surface area contributed by atoms with Crippen LogP contribution >= 0.6 is 0 Å². The Balaban J connectivity index is 2.29. The Bertz CT molecular complexity index is 1210. The molecule has 0 saturated carbocycles. The normalized spacial score (nSPS) is 11.6. The summed E-state index contributed by atoms with van der Waals surface area (Å²) in [6.07, 6.45) is 1.75. The van der Waals surface area contributed by atoms with E-state index in [0.29, 0.717) is 22.9 Å². The zero-order chi connectivity index (χ0) is 22.8. The third-order valence-corrected chi connectivity index (χ3v) is 5.99. The van der Waals surface area contributed by atoms with Crippen LogP contribution in [0.15, 0.2) is 34.7 Å². The largest absolute Gasteiger partial charge is 0.437 e. The maximum atomic E-state index is 13.4. The number of pyridine rings is 1. The molecule has 2 N–H and O–H groups in total. The molecule has 3 aromatic rings. The molecule has 2 heterocycles. The average Bonchev–Trinajstić information content (AvgIpc) is 3.10. The van der Waals surface area contributed by atoms with Crippen molar-refractivity contribution in [2.24, 2.45) is 0 Å². The highest BCUT2D eigenvalue weighted by atomic mass is 32.2. The number of anilines is 1. The van der Waals surface area contributed by atoms with Gasteiger partial charge in [0.2, 0.25) is 15.7 Å². The highest BCUT2D eigenvalue weighted by molar-refractivity contribution is 7.92. The molecular formula is C21H24FN3O5S. The number of sulfonamides is 1. The summed E-state index contributed by atoms with van der Waals surface area (Å²) in [5.41, 5.74) is 1.41. The van der Waals surface area contributed by atoms with Crippen molar-refractivity contribution in [3.8, 4) is 11.3 Å². The third-order valence-electron chi connectivity index (χ3n) is 4.84. The quantitative estimate of drug-likeness (QED) is 0.547. The van der Waals surface area contributed by atoms with E-state index in [-0.39, 0.29) is 42.4 Å². The summed E-state index contributed by atoms with van der Waals surface area (Å²) in [6.45, 7) is 1.72. The van der Waals surface area contributed by atoms with Gasteiger partial charge in [0.1, 0.15) is 17.4 Å². The van der Waals surface area contributed by atoms with E-state index in [2.05, 4.69) is 10.3 Å². The van der Waals surface area contributed by atoms with Gasteiger partial charge in [0.25, 0.3) is 5.91 Å². The summed E-state index contributed by atoms with van der Waals surface area (Å²) < 4.78 is 45.2. The molecule has 0 aliphatic heterocycles. The van der Waals surface area contributed by atoms with Crippen molar-refractivity contribution in [2.75, 3.05) is 30.8 Å². The second kappa shape index (κ2) is 9.03. The molecule has 8 nitrogen and oxygen atoms in total. The van der Waals surface area contributed by atoms with Gasteiger partial charge in [-0.3, -0.25) is 9.10 Å². The summed E-state index contributed by atoms with van der Waals surface area (Å²) in [5.74, 6) is -0.436. The first-order valence-electron chi connectivity index (χ1n) is 9.74. The zero-order valence-corrected chi connectivity index (χ0v) is 18.3. The van der Waals surface area contributed by atoms with Gasteiger partial charge in [-0.1, -0.05) is 6.92 Å². The topological polar surface area (TPSA) is 113 Å². The monoisotopic (exact) mass is 449 g/mol. The molecule has 166 valence electrons. The fourth-order valence-electron chi connectivity index (χ4n) is 3.33. The molecular weight excluding hydrogens is 425 g/mol. The molecule has 1 aromatic carbocycles. The number of aryl methyl sites for hydroxylation is 1. The van der Waals surface area contributed by atoms with Crippen molar-refractivity contribution in [3.05, 3.63) is 47.3 Å². The molecule has 0 saturated heterocycles. The van der Waals surface area contributed by atoms with Crippen molar-refractivity contribution in [2.45, 2.75) is 19.8 Å². The van der Waals surface area contributed by atoms with Gasteiger partial charge >= 0.3 is 0 Å². The maximum absolute atomic E-state index is 13.4. The van der Waals surface area contributed by atoms with Gasteiger partial charge in [-0.05, 0) is 48.7 Å². The molecule has 3 rings (SSSR count). The van der Waals surface area contributed by atoms with Crippen molar-refractivity contribution in [1.82, 2.24) is 10.3 Å². The lowest BCUT2D eigenvalue weighted by molar-refractivity contribution is 0.0964. The second-order valence-corrected chi connectivity index (χ2v) is 8.89. The van der Waals surface area contributed by atoms with Gasteiger partial charge in [0.05, 0.1) is 17.2 Å². The van der Waals surface area contributed by atoms with Crippen LogP contribution in [0.5, 0.6) is 0 Å². The first-order chi connectivity index (χ1) is 14.7. The number of aliphatic hydroxyl groups is 1. The van der Waals surface area contributed by atoms with Gasteiger partial charge in [0.15, 0.2) is 0 Å². The molecule has 1 amide bonds. The fraction of sp³-hybridized carbons (Fsp3) is 0.333. The summed E-state index contributed by atoms with van der Waals surface area (Å²) >= 11 is 0.